The third kappa shape index (κ3) is 4.92. The summed E-state index contributed by atoms with van der Waals surface area (Å²) in [6.45, 7) is 4.18. The Hall–Kier alpha value is -3.61. The molecule has 166 valence electrons. The van der Waals surface area contributed by atoms with Gasteiger partial charge in [0, 0.05) is 31.7 Å². The monoisotopic (exact) mass is 438 g/mol. The molecule has 1 saturated heterocycles. The van der Waals surface area contributed by atoms with Crippen LogP contribution in [0.25, 0.3) is 0 Å². The Balaban J connectivity index is 1.24. The van der Waals surface area contributed by atoms with Crippen molar-refractivity contribution in [1.29, 1.82) is 0 Å². The van der Waals surface area contributed by atoms with E-state index in [0.717, 1.165) is 26.2 Å². The summed E-state index contributed by atoms with van der Waals surface area (Å²) in [5.41, 5.74) is 3.17. The lowest BCUT2D eigenvalue weighted by Gasteiger charge is -2.39. The fraction of sp³-hybridized carbons (Fsp3) is 0.222. The second-order valence-electron chi connectivity index (χ2n) is 8.24. The van der Waals surface area contributed by atoms with E-state index in [-0.39, 0.29) is 17.6 Å². The molecule has 0 bridgehead atoms. The van der Waals surface area contributed by atoms with E-state index >= 15 is 0 Å². The highest BCUT2D eigenvalue weighted by Crippen LogP contribution is 2.29. The highest BCUT2D eigenvalue weighted by molar-refractivity contribution is 6.06. The van der Waals surface area contributed by atoms with E-state index in [0.29, 0.717) is 18.0 Å². The molecule has 4 aromatic rings. The molecule has 0 atom stereocenters. The zero-order valence-corrected chi connectivity index (χ0v) is 18.4. The molecule has 1 aromatic heterocycles. The summed E-state index contributed by atoms with van der Waals surface area (Å²) in [6.07, 6.45) is 0. The SMILES string of the molecule is O=C(c1ccccc1)c1noc(CN2CCN(C(c3ccccc3)c3ccccc3)CC2)n1. The van der Waals surface area contributed by atoms with Gasteiger partial charge in [-0.05, 0) is 11.1 Å². The van der Waals surface area contributed by atoms with Gasteiger partial charge in [0.25, 0.3) is 0 Å². The molecule has 5 rings (SSSR count). The van der Waals surface area contributed by atoms with Crippen LogP contribution in [0, 0.1) is 0 Å². The molecule has 6 heteroatoms. The normalized spacial score (nSPS) is 15.1. The van der Waals surface area contributed by atoms with Gasteiger partial charge in [0.15, 0.2) is 0 Å². The van der Waals surface area contributed by atoms with Crippen LogP contribution in [-0.2, 0) is 6.54 Å². The molecule has 1 aliphatic heterocycles. The van der Waals surface area contributed by atoms with E-state index in [1.807, 2.05) is 18.2 Å². The van der Waals surface area contributed by atoms with Crippen LogP contribution in [0.3, 0.4) is 0 Å². The number of hydrogen-bond acceptors (Lipinski definition) is 6. The summed E-state index contributed by atoms with van der Waals surface area (Å²) in [5.74, 6) is 0.373. The lowest BCUT2D eigenvalue weighted by Crippen LogP contribution is -2.47. The van der Waals surface area contributed by atoms with Crippen LogP contribution in [0.2, 0.25) is 0 Å². The third-order valence-corrected chi connectivity index (χ3v) is 6.07. The first kappa shape index (κ1) is 21.2. The lowest BCUT2D eigenvalue weighted by molar-refractivity contribution is 0.0966. The van der Waals surface area contributed by atoms with Crippen LogP contribution in [-0.4, -0.2) is 51.9 Å². The number of piperazine rings is 1. The summed E-state index contributed by atoms with van der Waals surface area (Å²) in [7, 11) is 0. The molecule has 0 unspecified atom stereocenters. The maximum absolute atomic E-state index is 12.5. The minimum atomic E-state index is -0.219. The summed E-state index contributed by atoms with van der Waals surface area (Å²) >= 11 is 0. The van der Waals surface area contributed by atoms with Gasteiger partial charge in [-0.1, -0.05) is 96.2 Å². The number of rotatable bonds is 7. The van der Waals surface area contributed by atoms with Crippen molar-refractivity contribution in [1.82, 2.24) is 19.9 Å². The number of aromatic nitrogens is 2. The van der Waals surface area contributed by atoms with E-state index in [1.54, 1.807) is 12.1 Å². The van der Waals surface area contributed by atoms with Crippen LogP contribution in [0.4, 0.5) is 0 Å². The zero-order chi connectivity index (χ0) is 22.5. The first-order chi connectivity index (χ1) is 16.3. The standard InChI is InChI=1S/C27H26N4O2/c32-26(23-14-8-3-9-15-23)27-28-24(33-29-27)20-30-16-18-31(19-17-30)25(21-10-4-1-5-11-21)22-12-6-2-7-13-22/h1-15,25H,16-20H2. The molecule has 3 aromatic carbocycles. The Bertz CT molecular complexity index is 1130. The van der Waals surface area contributed by atoms with Gasteiger partial charge in [-0.25, -0.2) is 0 Å². The van der Waals surface area contributed by atoms with Crippen molar-refractivity contribution in [2.45, 2.75) is 12.6 Å². The predicted molar refractivity (Wildman–Crippen MR) is 126 cm³/mol. The molecule has 0 radical (unpaired) electrons. The van der Waals surface area contributed by atoms with Crippen molar-refractivity contribution < 1.29 is 9.32 Å². The molecule has 33 heavy (non-hydrogen) atoms. The van der Waals surface area contributed by atoms with Gasteiger partial charge in [0.05, 0.1) is 12.6 Å². The second-order valence-corrected chi connectivity index (χ2v) is 8.24. The Kier molecular flexibility index (Phi) is 6.37. The molecular formula is C27H26N4O2. The number of hydrogen-bond donors (Lipinski definition) is 0. The zero-order valence-electron chi connectivity index (χ0n) is 18.4. The van der Waals surface area contributed by atoms with Gasteiger partial charge < -0.3 is 4.52 Å². The van der Waals surface area contributed by atoms with Gasteiger partial charge in [0.1, 0.15) is 0 Å². The maximum atomic E-state index is 12.5. The molecule has 0 spiro atoms. The van der Waals surface area contributed by atoms with E-state index < -0.39 is 0 Å². The van der Waals surface area contributed by atoms with Gasteiger partial charge in [-0.3, -0.25) is 14.6 Å². The molecule has 0 saturated carbocycles. The highest BCUT2D eigenvalue weighted by Gasteiger charge is 2.27. The molecule has 2 heterocycles. The molecule has 0 amide bonds. The fourth-order valence-corrected chi connectivity index (χ4v) is 4.39. The Morgan fingerprint density at radius 3 is 1.91 bits per heavy atom. The van der Waals surface area contributed by atoms with Gasteiger partial charge in [-0.15, -0.1) is 0 Å². The lowest BCUT2D eigenvalue weighted by atomic mass is 9.96. The van der Waals surface area contributed by atoms with Crippen molar-refractivity contribution in [3.05, 3.63) is 119 Å². The molecular weight excluding hydrogens is 412 g/mol. The first-order valence-electron chi connectivity index (χ1n) is 11.3. The summed E-state index contributed by atoms with van der Waals surface area (Å²) in [6, 6.07) is 30.6. The number of nitrogens with zero attached hydrogens (tertiary/aromatic N) is 4. The minimum Gasteiger partial charge on any atom is -0.337 e. The summed E-state index contributed by atoms with van der Waals surface area (Å²) in [4.78, 5) is 21.7. The topological polar surface area (TPSA) is 62.5 Å². The summed E-state index contributed by atoms with van der Waals surface area (Å²) < 4.78 is 5.39. The van der Waals surface area contributed by atoms with Crippen molar-refractivity contribution in [3.63, 3.8) is 0 Å². The Labute approximate surface area is 193 Å². The number of carbonyl (C=O) groups is 1. The van der Waals surface area contributed by atoms with Crippen LogP contribution >= 0.6 is 0 Å². The number of ketones is 1. The summed E-state index contributed by atoms with van der Waals surface area (Å²) in [5, 5.41) is 3.91. The van der Waals surface area contributed by atoms with Crippen LogP contribution < -0.4 is 0 Å². The van der Waals surface area contributed by atoms with Crippen molar-refractivity contribution in [3.8, 4) is 0 Å². The van der Waals surface area contributed by atoms with Crippen LogP contribution in [0.15, 0.2) is 95.5 Å². The van der Waals surface area contributed by atoms with Crippen LogP contribution in [0.5, 0.6) is 0 Å². The van der Waals surface area contributed by atoms with Crippen molar-refractivity contribution >= 4 is 5.78 Å². The van der Waals surface area contributed by atoms with Crippen LogP contribution in [0.1, 0.15) is 39.2 Å². The average molecular weight is 439 g/mol. The number of carbonyl (C=O) groups excluding carboxylic acids is 1. The van der Waals surface area contributed by atoms with E-state index in [1.165, 1.54) is 11.1 Å². The van der Waals surface area contributed by atoms with E-state index in [4.69, 9.17) is 4.52 Å². The van der Waals surface area contributed by atoms with Crippen molar-refractivity contribution in [2.24, 2.45) is 0 Å². The number of benzene rings is 3. The highest BCUT2D eigenvalue weighted by atomic mass is 16.5. The van der Waals surface area contributed by atoms with E-state index in [2.05, 4.69) is 80.6 Å². The third-order valence-electron chi connectivity index (χ3n) is 6.07. The largest absolute Gasteiger partial charge is 0.337 e. The molecule has 1 aliphatic rings. The molecule has 0 N–H and O–H groups in total. The Morgan fingerprint density at radius 2 is 1.33 bits per heavy atom. The van der Waals surface area contributed by atoms with Crippen molar-refractivity contribution in [2.75, 3.05) is 26.2 Å². The van der Waals surface area contributed by atoms with Gasteiger partial charge >= 0.3 is 0 Å². The van der Waals surface area contributed by atoms with Gasteiger partial charge in [-0.2, -0.15) is 4.98 Å². The molecule has 1 fully saturated rings. The average Bonchev–Trinajstić information content (AvgIpc) is 3.35. The van der Waals surface area contributed by atoms with E-state index in [9.17, 15) is 4.79 Å². The minimum absolute atomic E-state index is 0.114. The smallest absolute Gasteiger partial charge is 0.243 e. The predicted octanol–water partition coefficient (Wildman–Crippen LogP) is 4.21. The first-order valence-corrected chi connectivity index (χ1v) is 11.3. The Morgan fingerprint density at radius 1 is 0.788 bits per heavy atom. The fourth-order valence-electron chi connectivity index (χ4n) is 4.39. The van der Waals surface area contributed by atoms with Gasteiger partial charge in [0.2, 0.25) is 17.5 Å². The molecule has 0 aliphatic carbocycles. The quantitative estimate of drug-likeness (QED) is 0.403. The molecule has 6 nitrogen and oxygen atoms in total. The maximum Gasteiger partial charge on any atom is 0.243 e. The second kappa shape index (κ2) is 9.90.